The molecule has 6 nitrogen and oxygen atoms in total. The van der Waals surface area contributed by atoms with Crippen molar-refractivity contribution in [2.24, 2.45) is 0 Å². The summed E-state index contributed by atoms with van der Waals surface area (Å²) in [5, 5.41) is 21.5. The number of para-hydroxylation sites is 1. The third-order valence-corrected chi connectivity index (χ3v) is 3.16. The first kappa shape index (κ1) is 10.9. The standard InChI is InChI=1S/C12H12N4O2/c17-16(18)11-4-2-1-3-8(11)12-9-7-13-6-5-10(9)14-15-12/h1-4,13H,5-7H2,(H,14,15). The molecular formula is C12H12N4O2. The summed E-state index contributed by atoms with van der Waals surface area (Å²) in [6, 6.07) is 6.70. The Bertz CT molecular complexity index is 606. The zero-order chi connectivity index (χ0) is 12.5. The van der Waals surface area contributed by atoms with E-state index >= 15 is 0 Å². The lowest BCUT2D eigenvalue weighted by Gasteiger charge is -2.12. The van der Waals surface area contributed by atoms with Crippen LogP contribution < -0.4 is 5.32 Å². The van der Waals surface area contributed by atoms with Crippen LogP contribution in [0.15, 0.2) is 24.3 Å². The lowest BCUT2D eigenvalue weighted by Crippen LogP contribution is -2.23. The number of hydrogen-bond acceptors (Lipinski definition) is 4. The summed E-state index contributed by atoms with van der Waals surface area (Å²) in [6.45, 7) is 1.61. The van der Waals surface area contributed by atoms with Crippen LogP contribution in [-0.4, -0.2) is 21.7 Å². The summed E-state index contributed by atoms with van der Waals surface area (Å²) in [6.07, 6.45) is 0.878. The van der Waals surface area contributed by atoms with Crippen LogP contribution in [0, 0.1) is 10.1 Å². The molecule has 0 aliphatic carbocycles. The van der Waals surface area contributed by atoms with Gasteiger partial charge in [0.2, 0.25) is 0 Å². The van der Waals surface area contributed by atoms with Gasteiger partial charge in [-0.05, 0) is 6.07 Å². The Morgan fingerprint density at radius 3 is 3.00 bits per heavy atom. The van der Waals surface area contributed by atoms with E-state index < -0.39 is 0 Å². The maximum Gasteiger partial charge on any atom is 0.278 e. The molecule has 2 N–H and O–H groups in total. The number of aromatic nitrogens is 2. The van der Waals surface area contributed by atoms with E-state index in [4.69, 9.17) is 0 Å². The van der Waals surface area contributed by atoms with Crippen molar-refractivity contribution in [1.82, 2.24) is 15.5 Å². The van der Waals surface area contributed by atoms with Gasteiger partial charge in [-0.1, -0.05) is 12.1 Å². The van der Waals surface area contributed by atoms with E-state index in [2.05, 4.69) is 15.5 Å². The molecule has 0 amide bonds. The first-order valence-electron chi connectivity index (χ1n) is 5.78. The van der Waals surface area contributed by atoms with Gasteiger partial charge in [0.1, 0.15) is 5.69 Å². The molecular weight excluding hydrogens is 232 g/mol. The molecule has 0 bridgehead atoms. The number of nitro groups is 1. The molecule has 1 aromatic carbocycles. The normalized spacial score (nSPS) is 14.2. The maximum absolute atomic E-state index is 11.0. The molecule has 0 saturated heterocycles. The molecule has 0 saturated carbocycles. The predicted molar refractivity (Wildman–Crippen MR) is 66.1 cm³/mol. The van der Waals surface area contributed by atoms with E-state index in [0.717, 1.165) is 24.2 Å². The Morgan fingerprint density at radius 1 is 1.33 bits per heavy atom. The highest BCUT2D eigenvalue weighted by atomic mass is 16.6. The molecule has 0 fully saturated rings. The van der Waals surface area contributed by atoms with Gasteiger partial charge in [0, 0.05) is 36.8 Å². The summed E-state index contributed by atoms with van der Waals surface area (Å²) in [7, 11) is 0. The molecule has 2 aromatic rings. The number of aromatic amines is 1. The number of benzene rings is 1. The number of nitrogens with zero attached hydrogens (tertiary/aromatic N) is 2. The van der Waals surface area contributed by atoms with Crippen LogP contribution in [0.2, 0.25) is 0 Å². The number of fused-ring (bicyclic) bond motifs is 1. The second-order valence-electron chi connectivity index (χ2n) is 4.23. The lowest BCUT2D eigenvalue weighted by atomic mass is 10.0. The quantitative estimate of drug-likeness (QED) is 0.621. The van der Waals surface area contributed by atoms with Gasteiger partial charge in [0.05, 0.1) is 10.5 Å². The fraction of sp³-hybridized carbons (Fsp3) is 0.250. The molecule has 18 heavy (non-hydrogen) atoms. The Hall–Kier alpha value is -2.21. The van der Waals surface area contributed by atoms with Crippen LogP contribution in [0.5, 0.6) is 0 Å². The molecule has 2 heterocycles. The third kappa shape index (κ3) is 1.67. The van der Waals surface area contributed by atoms with E-state index in [0.29, 0.717) is 17.8 Å². The van der Waals surface area contributed by atoms with Gasteiger partial charge >= 0.3 is 0 Å². The van der Waals surface area contributed by atoms with Crippen molar-refractivity contribution < 1.29 is 4.92 Å². The summed E-state index contributed by atoms with van der Waals surface area (Å²) in [4.78, 5) is 10.7. The van der Waals surface area contributed by atoms with Crippen LogP contribution in [0.4, 0.5) is 5.69 Å². The molecule has 6 heteroatoms. The van der Waals surface area contributed by atoms with Crippen molar-refractivity contribution in [3.8, 4) is 11.3 Å². The number of nitro benzene ring substituents is 1. The van der Waals surface area contributed by atoms with Crippen LogP contribution in [0.3, 0.4) is 0 Å². The van der Waals surface area contributed by atoms with Gasteiger partial charge < -0.3 is 5.32 Å². The average molecular weight is 244 g/mol. The summed E-state index contributed by atoms with van der Waals surface area (Å²) < 4.78 is 0. The smallest absolute Gasteiger partial charge is 0.278 e. The van der Waals surface area contributed by atoms with E-state index in [1.807, 2.05) is 0 Å². The Kier molecular flexibility index (Phi) is 2.56. The molecule has 0 atom stereocenters. The fourth-order valence-electron chi connectivity index (χ4n) is 2.28. The second-order valence-corrected chi connectivity index (χ2v) is 4.23. The SMILES string of the molecule is O=[N+]([O-])c1ccccc1-c1n[nH]c2c1CNCC2. The fourth-order valence-corrected chi connectivity index (χ4v) is 2.28. The highest BCUT2D eigenvalue weighted by molar-refractivity contribution is 5.73. The van der Waals surface area contributed by atoms with Crippen molar-refractivity contribution in [3.05, 3.63) is 45.6 Å². The highest BCUT2D eigenvalue weighted by Crippen LogP contribution is 2.32. The van der Waals surface area contributed by atoms with Gasteiger partial charge in [0.15, 0.2) is 0 Å². The largest absolute Gasteiger partial charge is 0.312 e. The molecule has 1 aromatic heterocycles. The maximum atomic E-state index is 11.0. The minimum Gasteiger partial charge on any atom is -0.312 e. The predicted octanol–water partition coefficient (Wildman–Crippen LogP) is 1.63. The summed E-state index contributed by atoms with van der Waals surface area (Å²) in [5.41, 5.74) is 3.46. The highest BCUT2D eigenvalue weighted by Gasteiger charge is 2.23. The monoisotopic (exact) mass is 244 g/mol. The first-order chi connectivity index (χ1) is 8.77. The molecule has 92 valence electrons. The summed E-state index contributed by atoms with van der Waals surface area (Å²) in [5.74, 6) is 0. The first-order valence-corrected chi connectivity index (χ1v) is 5.78. The van der Waals surface area contributed by atoms with Crippen molar-refractivity contribution in [3.63, 3.8) is 0 Å². The molecule has 1 aliphatic rings. The number of hydrogen-bond donors (Lipinski definition) is 2. The van der Waals surface area contributed by atoms with E-state index in [1.54, 1.807) is 18.2 Å². The Labute approximate surface area is 103 Å². The molecule has 0 spiro atoms. The molecule has 0 unspecified atom stereocenters. The Morgan fingerprint density at radius 2 is 2.17 bits per heavy atom. The zero-order valence-electron chi connectivity index (χ0n) is 9.64. The minimum absolute atomic E-state index is 0.0948. The van der Waals surface area contributed by atoms with Gasteiger partial charge in [-0.2, -0.15) is 5.10 Å². The lowest BCUT2D eigenvalue weighted by molar-refractivity contribution is -0.384. The third-order valence-electron chi connectivity index (χ3n) is 3.16. The number of rotatable bonds is 2. The van der Waals surface area contributed by atoms with E-state index in [-0.39, 0.29) is 10.6 Å². The van der Waals surface area contributed by atoms with Crippen molar-refractivity contribution in [1.29, 1.82) is 0 Å². The van der Waals surface area contributed by atoms with Crippen molar-refractivity contribution >= 4 is 5.69 Å². The zero-order valence-corrected chi connectivity index (χ0v) is 9.64. The van der Waals surface area contributed by atoms with Gasteiger partial charge in [-0.3, -0.25) is 15.2 Å². The van der Waals surface area contributed by atoms with E-state index in [9.17, 15) is 10.1 Å². The topological polar surface area (TPSA) is 83.8 Å². The minimum atomic E-state index is -0.368. The number of nitrogens with one attached hydrogen (secondary N) is 2. The van der Waals surface area contributed by atoms with Crippen molar-refractivity contribution in [2.75, 3.05) is 6.54 Å². The van der Waals surface area contributed by atoms with Crippen LogP contribution >= 0.6 is 0 Å². The van der Waals surface area contributed by atoms with Crippen LogP contribution in [0.1, 0.15) is 11.3 Å². The number of H-pyrrole nitrogens is 1. The van der Waals surface area contributed by atoms with Crippen molar-refractivity contribution in [2.45, 2.75) is 13.0 Å². The average Bonchev–Trinajstić information content (AvgIpc) is 2.82. The van der Waals surface area contributed by atoms with Gasteiger partial charge in [-0.15, -0.1) is 0 Å². The van der Waals surface area contributed by atoms with Crippen LogP contribution in [0.25, 0.3) is 11.3 Å². The van der Waals surface area contributed by atoms with Gasteiger partial charge in [-0.25, -0.2) is 0 Å². The van der Waals surface area contributed by atoms with Gasteiger partial charge in [0.25, 0.3) is 5.69 Å². The van der Waals surface area contributed by atoms with E-state index in [1.165, 1.54) is 6.07 Å². The Balaban J connectivity index is 2.15. The van der Waals surface area contributed by atoms with Crippen LogP contribution in [-0.2, 0) is 13.0 Å². The summed E-state index contributed by atoms with van der Waals surface area (Å²) >= 11 is 0. The second kappa shape index (κ2) is 4.23. The molecule has 3 rings (SSSR count). The molecule has 1 aliphatic heterocycles. The molecule has 0 radical (unpaired) electrons.